The van der Waals surface area contributed by atoms with Gasteiger partial charge in [-0.1, -0.05) is 0 Å². The zero-order chi connectivity index (χ0) is 10.7. The molecular weight excluding hydrogens is 186 g/mol. The molecule has 76 valence electrons. The highest BCUT2D eigenvalue weighted by molar-refractivity contribution is 5.94. The van der Waals surface area contributed by atoms with E-state index in [2.05, 4.69) is 10.3 Å². The van der Waals surface area contributed by atoms with E-state index in [9.17, 15) is 9.90 Å². The molecule has 0 spiro atoms. The molecule has 6 nitrogen and oxygen atoms in total. The highest BCUT2D eigenvalue weighted by Gasteiger charge is 2.26. The molecule has 0 atom stereocenters. The number of nitrogens with zero attached hydrogens (tertiary/aromatic N) is 3. The first-order chi connectivity index (χ1) is 6.56. The third kappa shape index (κ3) is 1.95. The number of rotatable bonds is 3. The van der Waals surface area contributed by atoms with E-state index in [0.717, 1.165) is 0 Å². The van der Waals surface area contributed by atoms with Crippen molar-refractivity contribution < 1.29 is 19.1 Å². The minimum absolute atomic E-state index is 0.0214. The monoisotopic (exact) mass is 197 g/mol. The number of carbonyl (C=O) groups excluding carboxylic acids is 1. The summed E-state index contributed by atoms with van der Waals surface area (Å²) in [5, 5.41) is 14.3. The normalized spacial score (nSPS) is 11.8. The summed E-state index contributed by atoms with van der Waals surface area (Å²) < 4.78 is 6.13. The molecule has 0 unspecified atom stereocenters. The van der Waals surface area contributed by atoms with Crippen molar-refractivity contribution in [3.05, 3.63) is 5.69 Å². The van der Waals surface area contributed by atoms with Crippen molar-refractivity contribution in [3.63, 3.8) is 0 Å². The molecule has 0 N–H and O–H groups in total. The average Bonchev–Trinajstić information content (AvgIpc) is 2.46. The summed E-state index contributed by atoms with van der Waals surface area (Å²) in [6, 6.07) is 0. The van der Waals surface area contributed by atoms with Crippen LogP contribution in [-0.4, -0.2) is 17.0 Å². The first-order valence-electron chi connectivity index (χ1n) is 4.19. The van der Waals surface area contributed by atoms with E-state index >= 15 is 0 Å². The number of aliphatic imine (C=N–C) groups is 1. The van der Waals surface area contributed by atoms with Gasteiger partial charge in [0, 0.05) is 6.92 Å². The standard InChI is InChI=1S/C8H11N3O3/c1-4-11-7(5(2)12)8(14-10-11)9-6(3)13/h4H2,1-3H3. The van der Waals surface area contributed by atoms with Crippen LogP contribution >= 0.6 is 0 Å². The fourth-order valence-corrected chi connectivity index (χ4v) is 1.05. The molecule has 0 amide bonds. The van der Waals surface area contributed by atoms with Crippen molar-refractivity contribution in [3.8, 4) is 0 Å². The van der Waals surface area contributed by atoms with Crippen LogP contribution in [0.1, 0.15) is 31.3 Å². The predicted molar refractivity (Wildman–Crippen MR) is 45.1 cm³/mol. The number of hydrogen-bond acceptors (Lipinski definition) is 5. The van der Waals surface area contributed by atoms with E-state index in [-0.39, 0.29) is 17.4 Å². The molecule has 0 aliphatic carbocycles. The van der Waals surface area contributed by atoms with Gasteiger partial charge in [-0.05, 0) is 24.4 Å². The Bertz CT molecular complexity index is 377. The Labute approximate surface area is 80.8 Å². The molecule has 1 rings (SSSR count). The van der Waals surface area contributed by atoms with Crippen LogP contribution in [0.15, 0.2) is 9.52 Å². The van der Waals surface area contributed by atoms with Crippen molar-refractivity contribution in [2.24, 2.45) is 4.99 Å². The van der Waals surface area contributed by atoms with Crippen molar-refractivity contribution in [2.45, 2.75) is 27.3 Å². The van der Waals surface area contributed by atoms with Gasteiger partial charge >= 0.3 is 11.6 Å². The SMILES string of the molecule is CC[n+]1noc(/N=C(/C)[O-])c1C(C)=O. The Morgan fingerprint density at radius 2 is 2.29 bits per heavy atom. The van der Waals surface area contributed by atoms with Crippen LogP contribution in [0.3, 0.4) is 0 Å². The van der Waals surface area contributed by atoms with E-state index in [4.69, 9.17) is 4.52 Å². The summed E-state index contributed by atoms with van der Waals surface area (Å²) in [5.74, 6) is -0.674. The maximum absolute atomic E-state index is 11.2. The lowest BCUT2D eigenvalue weighted by Crippen LogP contribution is -2.39. The molecule has 0 aliphatic rings. The average molecular weight is 197 g/mol. The van der Waals surface area contributed by atoms with Crippen molar-refractivity contribution in [1.82, 2.24) is 5.27 Å². The fourth-order valence-electron chi connectivity index (χ4n) is 1.05. The molecule has 1 heterocycles. The Balaban J connectivity index is 3.24. The maximum Gasteiger partial charge on any atom is 0.342 e. The first-order valence-corrected chi connectivity index (χ1v) is 4.19. The minimum Gasteiger partial charge on any atom is -0.862 e. The highest BCUT2D eigenvalue weighted by atomic mass is 16.5. The van der Waals surface area contributed by atoms with E-state index in [1.54, 1.807) is 0 Å². The quantitative estimate of drug-likeness (QED) is 0.285. The van der Waals surface area contributed by atoms with Crippen molar-refractivity contribution >= 4 is 17.6 Å². The van der Waals surface area contributed by atoms with Crippen molar-refractivity contribution in [1.29, 1.82) is 0 Å². The van der Waals surface area contributed by atoms with Gasteiger partial charge in [0.25, 0.3) is 0 Å². The summed E-state index contributed by atoms with van der Waals surface area (Å²) in [6.45, 7) is 4.96. The lowest BCUT2D eigenvalue weighted by atomic mass is 10.3. The molecule has 0 saturated heterocycles. The van der Waals surface area contributed by atoms with E-state index in [0.29, 0.717) is 6.54 Å². The van der Waals surface area contributed by atoms with Gasteiger partial charge in [0.1, 0.15) is 0 Å². The summed E-state index contributed by atoms with van der Waals surface area (Å²) in [6.07, 6.45) is 0. The summed E-state index contributed by atoms with van der Waals surface area (Å²) >= 11 is 0. The molecule has 6 heteroatoms. The third-order valence-electron chi connectivity index (χ3n) is 1.58. The first kappa shape index (κ1) is 10.4. The Kier molecular flexibility index (Phi) is 2.95. The fraction of sp³-hybridized carbons (Fsp3) is 0.500. The zero-order valence-corrected chi connectivity index (χ0v) is 8.27. The Morgan fingerprint density at radius 3 is 2.71 bits per heavy atom. The zero-order valence-electron chi connectivity index (χ0n) is 8.27. The molecule has 1 aromatic rings. The van der Waals surface area contributed by atoms with Gasteiger partial charge in [-0.15, -0.1) is 0 Å². The van der Waals surface area contributed by atoms with Crippen LogP contribution in [0, 0.1) is 0 Å². The van der Waals surface area contributed by atoms with E-state index < -0.39 is 5.90 Å². The maximum atomic E-state index is 11.2. The lowest BCUT2D eigenvalue weighted by Gasteiger charge is -1.97. The Hall–Kier alpha value is -1.72. The highest BCUT2D eigenvalue weighted by Crippen LogP contribution is 2.14. The van der Waals surface area contributed by atoms with Gasteiger partial charge in [0.05, 0.1) is 0 Å². The van der Waals surface area contributed by atoms with Crippen LogP contribution in [0.25, 0.3) is 0 Å². The van der Waals surface area contributed by atoms with Gasteiger partial charge in [-0.3, -0.25) is 9.32 Å². The van der Waals surface area contributed by atoms with Gasteiger partial charge in [-0.2, -0.15) is 0 Å². The predicted octanol–water partition coefficient (Wildman–Crippen LogP) is -0.405. The number of ketones is 1. The van der Waals surface area contributed by atoms with E-state index in [1.807, 2.05) is 6.92 Å². The second kappa shape index (κ2) is 3.99. The smallest absolute Gasteiger partial charge is 0.342 e. The van der Waals surface area contributed by atoms with Gasteiger partial charge in [0.15, 0.2) is 6.54 Å². The number of hydrogen-bond donors (Lipinski definition) is 0. The summed E-state index contributed by atoms with van der Waals surface area (Å²) in [7, 11) is 0. The molecular formula is C8H11N3O3. The largest absolute Gasteiger partial charge is 0.862 e. The molecule has 0 aliphatic heterocycles. The topological polar surface area (TPSA) is 82.4 Å². The number of Topliss-reactive ketones (excluding diaryl/α,β-unsaturated/α-hetero) is 1. The minimum atomic E-state index is -0.424. The van der Waals surface area contributed by atoms with Crippen LogP contribution in [-0.2, 0) is 6.54 Å². The molecule has 1 aromatic heterocycles. The van der Waals surface area contributed by atoms with Gasteiger partial charge in [-0.25, -0.2) is 4.99 Å². The molecule has 0 aromatic carbocycles. The second-order valence-corrected chi connectivity index (χ2v) is 2.73. The van der Waals surface area contributed by atoms with Crippen LogP contribution in [0.5, 0.6) is 0 Å². The Morgan fingerprint density at radius 1 is 1.64 bits per heavy atom. The second-order valence-electron chi connectivity index (χ2n) is 2.73. The van der Waals surface area contributed by atoms with Gasteiger partial charge in [0.2, 0.25) is 11.1 Å². The van der Waals surface area contributed by atoms with E-state index in [1.165, 1.54) is 18.5 Å². The number of carbonyl (C=O) groups is 1. The lowest BCUT2D eigenvalue weighted by molar-refractivity contribution is -0.760. The molecule has 0 radical (unpaired) electrons. The number of aromatic nitrogens is 2. The van der Waals surface area contributed by atoms with Crippen molar-refractivity contribution in [2.75, 3.05) is 0 Å². The third-order valence-corrected chi connectivity index (χ3v) is 1.58. The summed E-state index contributed by atoms with van der Waals surface area (Å²) in [5.41, 5.74) is 0.225. The van der Waals surface area contributed by atoms with Crippen LogP contribution in [0.4, 0.5) is 5.88 Å². The summed E-state index contributed by atoms with van der Waals surface area (Å²) in [4.78, 5) is 14.7. The van der Waals surface area contributed by atoms with Crippen LogP contribution in [0.2, 0.25) is 0 Å². The molecule has 0 fully saturated rings. The molecule has 14 heavy (non-hydrogen) atoms. The van der Waals surface area contributed by atoms with Crippen LogP contribution < -0.4 is 9.79 Å². The molecule has 0 bridgehead atoms. The number of aryl methyl sites for hydroxylation is 1. The molecule has 0 saturated carbocycles. The van der Waals surface area contributed by atoms with Gasteiger partial charge < -0.3 is 5.11 Å².